The Morgan fingerprint density at radius 3 is 2.61 bits per heavy atom. The van der Waals surface area contributed by atoms with Crippen LogP contribution in [-0.4, -0.2) is 58.5 Å². The number of hydrogen-bond acceptors (Lipinski definition) is 6. The van der Waals surface area contributed by atoms with Gasteiger partial charge in [-0.2, -0.15) is 0 Å². The van der Waals surface area contributed by atoms with Crippen LogP contribution >= 0.6 is 0 Å². The molecule has 4 aliphatic carbocycles. The highest BCUT2D eigenvalue weighted by Crippen LogP contribution is 2.61. The molecule has 0 bridgehead atoms. The Labute approximate surface area is 186 Å². The summed E-state index contributed by atoms with van der Waals surface area (Å²) >= 11 is 0. The molecule has 5 aliphatic rings. The van der Waals surface area contributed by atoms with E-state index in [0.29, 0.717) is 25.4 Å². The molecule has 0 amide bonds. The van der Waals surface area contributed by atoms with Gasteiger partial charge in [-0.05, 0) is 50.0 Å². The van der Waals surface area contributed by atoms with Gasteiger partial charge in [0.15, 0.2) is 5.79 Å². The Morgan fingerprint density at radius 2 is 1.84 bits per heavy atom. The van der Waals surface area contributed by atoms with Crippen LogP contribution in [0.5, 0.6) is 0 Å². The minimum Gasteiger partial charge on any atom is -0.359 e. The van der Waals surface area contributed by atoms with Crippen LogP contribution in [0.15, 0.2) is 23.3 Å². The van der Waals surface area contributed by atoms with Gasteiger partial charge in [0.2, 0.25) is 0 Å². The van der Waals surface area contributed by atoms with E-state index in [1.54, 1.807) is 19.8 Å². The second kappa shape index (κ2) is 8.54. The normalized spacial score (nSPS) is 41.2. The molecule has 31 heavy (non-hydrogen) atoms. The molecule has 5 atom stereocenters. The van der Waals surface area contributed by atoms with Crippen LogP contribution in [0.1, 0.15) is 58.3 Å². The highest BCUT2D eigenvalue weighted by atomic mass is 16.7. The van der Waals surface area contributed by atoms with Crippen LogP contribution in [0.4, 0.5) is 0 Å². The zero-order valence-electron chi connectivity index (χ0n) is 19.3. The third-order valence-corrected chi connectivity index (χ3v) is 8.78. The minimum atomic E-state index is -0.354. The monoisotopic (exact) mass is 434 g/mol. The molecular weight excluding hydrogens is 396 g/mol. The quantitative estimate of drug-likeness (QED) is 0.580. The molecule has 1 aliphatic heterocycles. The molecule has 1 saturated heterocycles. The highest BCUT2D eigenvalue weighted by Gasteiger charge is 2.60. The Morgan fingerprint density at radius 1 is 1.03 bits per heavy atom. The van der Waals surface area contributed by atoms with Gasteiger partial charge in [0, 0.05) is 38.4 Å². The average molecular weight is 435 g/mol. The number of hydrogen-bond donors (Lipinski definition) is 0. The number of fused-ring (bicyclic) bond motifs is 4. The SMILES string of the molecule is COCO[C@H]1CC[C@@H]2[C@]1(C)CC=C1C=C3CCC4(CC3CC[C@@]12OCOC)OCCO4. The molecule has 3 fully saturated rings. The first-order valence-corrected chi connectivity index (χ1v) is 12.0. The maximum Gasteiger partial charge on any atom is 0.169 e. The van der Waals surface area contributed by atoms with E-state index in [4.69, 9.17) is 28.4 Å². The standard InChI is InChI=1S/C25H38O6/c1-23-9-8-20-14-18-6-10-24(29-12-13-30-24)15-19(18)7-11-25(20,31-17-27-3)21(23)4-5-22(23)28-16-26-2/h8,14,19,21-22H,4-7,9-13,15-17H2,1-3H3/t19?,21-,22+,23+,25-/m1/s1. The molecule has 0 N–H and O–H groups in total. The molecule has 0 aromatic heterocycles. The van der Waals surface area contributed by atoms with Crippen molar-refractivity contribution in [3.05, 3.63) is 23.3 Å². The Kier molecular flexibility index (Phi) is 6.08. The molecule has 0 aromatic rings. The van der Waals surface area contributed by atoms with E-state index in [0.717, 1.165) is 64.6 Å². The lowest BCUT2D eigenvalue weighted by atomic mass is 9.60. The zero-order valence-corrected chi connectivity index (χ0v) is 19.3. The molecule has 174 valence electrons. The van der Waals surface area contributed by atoms with Crippen LogP contribution < -0.4 is 0 Å². The van der Waals surface area contributed by atoms with E-state index >= 15 is 0 Å². The predicted octanol–water partition coefficient (Wildman–Crippen LogP) is 4.34. The Bertz CT molecular complexity index is 726. The van der Waals surface area contributed by atoms with E-state index in [1.807, 2.05) is 0 Å². The molecule has 1 heterocycles. The molecule has 1 unspecified atom stereocenters. The van der Waals surface area contributed by atoms with Gasteiger partial charge in [0.05, 0.1) is 24.9 Å². The molecular formula is C25H38O6. The Balaban J connectivity index is 1.46. The van der Waals surface area contributed by atoms with Gasteiger partial charge < -0.3 is 28.4 Å². The van der Waals surface area contributed by atoms with E-state index < -0.39 is 0 Å². The lowest BCUT2D eigenvalue weighted by Gasteiger charge is -2.51. The van der Waals surface area contributed by atoms with Gasteiger partial charge in [0.25, 0.3) is 0 Å². The number of ether oxygens (including phenoxy) is 6. The maximum absolute atomic E-state index is 6.67. The third-order valence-electron chi connectivity index (χ3n) is 8.78. The first-order chi connectivity index (χ1) is 15.1. The van der Waals surface area contributed by atoms with Crippen molar-refractivity contribution in [1.29, 1.82) is 0 Å². The number of methoxy groups -OCH3 is 2. The summed E-state index contributed by atoms with van der Waals surface area (Å²) in [7, 11) is 3.41. The summed E-state index contributed by atoms with van der Waals surface area (Å²) < 4.78 is 35.6. The summed E-state index contributed by atoms with van der Waals surface area (Å²) in [4.78, 5) is 0. The smallest absolute Gasteiger partial charge is 0.169 e. The summed E-state index contributed by atoms with van der Waals surface area (Å²) in [5, 5.41) is 0. The fourth-order valence-corrected chi connectivity index (χ4v) is 7.26. The summed E-state index contributed by atoms with van der Waals surface area (Å²) in [6.45, 7) is 4.50. The van der Waals surface area contributed by atoms with Gasteiger partial charge in [0.1, 0.15) is 13.6 Å². The third kappa shape index (κ3) is 3.64. The molecule has 0 radical (unpaired) electrons. The van der Waals surface area contributed by atoms with Crippen LogP contribution in [0.3, 0.4) is 0 Å². The van der Waals surface area contributed by atoms with Crippen LogP contribution in [0, 0.1) is 17.3 Å². The van der Waals surface area contributed by atoms with Crippen molar-refractivity contribution in [2.24, 2.45) is 17.3 Å². The van der Waals surface area contributed by atoms with Crippen LogP contribution in [0.2, 0.25) is 0 Å². The Hall–Kier alpha value is -0.760. The maximum atomic E-state index is 6.67. The van der Waals surface area contributed by atoms with Gasteiger partial charge >= 0.3 is 0 Å². The lowest BCUT2D eigenvalue weighted by molar-refractivity contribution is -0.186. The van der Waals surface area contributed by atoms with Crippen molar-refractivity contribution in [3.8, 4) is 0 Å². The highest BCUT2D eigenvalue weighted by molar-refractivity contribution is 5.41. The summed E-state index contributed by atoms with van der Waals surface area (Å²) in [6.07, 6.45) is 13.3. The van der Waals surface area contributed by atoms with Crippen molar-refractivity contribution in [2.45, 2.75) is 75.8 Å². The van der Waals surface area contributed by atoms with E-state index in [2.05, 4.69) is 19.1 Å². The van der Waals surface area contributed by atoms with Gasteiger partial charge in [-0.15, -0.1) is 0 Å². The van der Waals surface area contributed by atoms with Crippen molar-refractivity contribution in [1.82, 2.24) is 0 Å². The van der Waals surface area contributed by atoms with Crippen molar-refractivity contribution in [2.75, 3.05) is 41.0 Å². The topological polar surface area (TPSA) is 55.4 Å². The van der Waals surface area contributed by atoms with Crippen LogP contribution in [-0.2, 0) is 28.4 Å². The lowest BCUT2D eigenvalue weighted by Crippen LogP contribution is -2.52. The molecule has 2 saturated carbocycles. The van der Waals surface area contributed by atoms with E-state index in [9.17, 15) is 0 Å². The molecule has 6 nitrogen and oxygen atoms in total. The fraction of sp³-hybridized carbons (Fsp3) is 0.840. The first-order valence-electron chi connectivity index (χ1n) is 12.0. The van der Waals surface area contributed by atoms with Crippen LogP contribution in [0.25, 0.3) is 0 Å². The molecule has 0 aromatic carbocycles. The predicted molar refractivity (Wildman–Crippen MR) is 115 cm³/mol. The first kappa shape index (κ1) is 22.1. The van der Waals surface area contributed by atoms with Crippen molar-refractivity contribution in [3.63, 3.8) is 0 Å². The second-order valence-electron chi connectivity index (χ2n) is 10.3. The molecule has 6 heteroatoms. The fourth-order valence-electron chi connectivity index (χ4n) is 7.26. The summed E-state index contributed by atoms with van der Waals surface area (Å²) in [5.41, 5.74) is 2.64. The largest absolute Gasteiger partial charge is 0.359 e. The van der Waals surface area contributed by atoms with E-state index in [1.165, 1.54) is 5.57 Å². The van der Waals surface area contributed by atoms with Gasteiger partial charge in [-0.3, -0.25) is 0 Å². The molecule has 5 rings (SSSR count). The number of allylic oxidation sites excluding steroid dienone is 2. The van der Waals surface area contributed by atoms with Crippen molar-refractivity contribution < 1.29 is 28.4 Å². The van der Waals surface area contributed by atoms with E-state index in [-0.39, 0.29) is 22.9 Å². The van der Waals surface area contributed by atoms with Crippen molar-refractivity contribution >= 4 is 0 Å². The summed E-state index contributed by atoms with van der Waals surface area (Å²) in [5.74, 6) is 0.546. The zero-order chi connectivity index (χ0) is 21.5. The van der Waals surface area contributed by atoms with Gasteiger partial charge in [-0.25, -0.2) is 0 Å². The average Bonchev–Trinajstić information content (AvgIpc) is 3.32. The number of rotatable bonds is 6. The second-order valence-corrected chi connectivity index (χ2v) is 10.3. The van der Waals surface area contributed by atoms with Gasteiger partial charge in [-0.1, -0.05) is 24.6 Å². The molecule has 1 spiro atoms. The summed E-state index contributed by atoms with van der Waals surface area (Å²) in [6, 6.07) is 0. The minimum absolute atomic E-state index is 0.0443.